The summed E-state index contributed by atoms with van der Waals surface area (Å²) in [6.07, 6.45) is 4.62. The van der Waals surface area contributed by atoms with Gasteiger partial charge in [-0.15, -0.1) is 0 Å². The number of hydrogen-bond donors (Lipinski definition) is 2. The highest BCUT2D eigenvalue weighted by atomic mass is 16.2. The van der Waals surface area contributed by atoms with Gasteiger partial charge in [0.2, 0.25) is 11.8 Å². The van der Waals surface area contributed by atoms with E-state index in [4.69, 9.17) is 0 Å². The number of amides is 2. The van der Waals surface area contributed by atoms with Crippen LogP contribution in [0.2, 0.25) is 0 Å². The van der Waals surface area contributed by atoms with E-state index >= 15 is 0 Å². The molecule has 1 aliphatic rings. The first-order valence-electron chi connectivity index (χ1n) is 7.74. The maximum Gasteiger partial charge on any atom is 0.240 e. The van der Waals surface area contributed by atoms with Gasteiger partial charge in [0.1, 0.15) is 6.54 Å². The predicted molar refractivity (Wildman–Crippen MR) is 85.3 cm³/mol. The van der Waals surface area contributed by atoms with Crippen molar-refractivity contribution in [2.75, 3.05) is 7.05 Å². The summed E-state index contributed by atoms with van der Waals surface area (Å²) in [5.41, 5.74) is 1.05. The van der Waals surface area contributed by atoms with Crippen molar-refractivity contribution in [3.8, 4) is 0 Å². The molecule has 1 saturated carbocycles. The second-order valence-electron chi connectivity index (χ2n) is 5.83. The van der Waals surface area contributed by atoms with Crippen LogP contribution in [-0.4, -0.2) is 29.5 Å². The van der Waals surface area contributed by atoms with Gasteiger partial charge < -0.3 is 15.2 Å². The molecule has 2 atom stereocenters. The zero-order valence-electron chi connectivity index (χ0n) is 12.7. The highest BCUT2D eigenvalue weighted by molar-refractivity contribution is 5.84. The number of carbonyl (C=O) groups is 2. The number of rotatable bonds is 4. The van der Waals surface area contributed by atoms with Gasteiger partial charge in [-0.1, -0.05) is 24.6 Å². The van der Waals surface area contributed by atoms with Crippen molar-refractivity contribution < 1.29 is 9.59 Å². The summed E-state index contributed by atoms with van der Waals surface area (Å²) in [5.74, 6) is -0.119. The summed E-state index contributed by atoms with van der Waals surface area (Å²) in [4.78, 5) is 24.1. The lowest BCUT2D eigenvalue weighted by Crippen LogP contribution is -2.44. The van der Waals surface area contributed by atoms with Crippen LogP contribution in [0.4, 0.5) is 0 Å². The average molecular weight is 299 g/mol. The molecule has 3 rings (SSSR count). The van der Waals surface area contributed by atoms with Crippen molar-refractivity contribution in [2.24, 2.45) is 5.92 Å². The van der Waals surface area contributed by atoms with E-state index in [0.29, 0.717) is 0 Å². The zero-order valence-corrected chi connectivity index (χ0v) is 12.7. The summed E-state index contributed by atoms with van der Waals surface area (Å²) >= 11 is 0. The number of para-hydroxylation sites is 1. The predicted octanol–water partition coefficient (Wildman–Crippen LogP) is 1.67. The lowest BCUT2D eigenvalue weighted by Gasteiger charge is -2.20. The number of carbonyl (C=O) groups excluding carboxylic acids is 2. The van der Waals surface area contributed by atoms with Crippen LogP contribution in [0.3, 0.4) is 0 Å². The summed E-state index contributed by atoms with van der Waals surface area (Å²) in [6, 6.07) is 9.95. The third-order valence-corrected chi connectivity index (χ3v) is 4.44. The number of nitrogens with zero attached hydrogens (tertiary/aromatic N) is 1. The van der Waals surface area contributed by atoms with Crippen LogP contribution < -0.4 is 10.6 Å². The smallest absolute Gasteiger partial charge is 0.240 e. The van der Waals surface area contributed by atoms with E-state index in [9.17, 15) is 9.59 Å². The summed E-state index contributed by atoms with van der Waals surface area (Å²) in [6.45, 7) is 0.282. The molecule has 2 amide bonds. The summed E-state index contributed by atoms with van der Waals surface area (Å²) in [5, 5.41) is 6.84. The van der Waals surface area contributed by atoms with E-state index in [1.165, 1.54) is 0 Å². The molecule has 2 aromatic rings. The molecule has 1 fully saturated rings. The van der Waals surface area contributed by atoms with Crippen LogP contribution in [0, 0.1) is 5.92 Å². The Hall–Kier alpha value is -2.30. The van der Waals surface area contributed by atoms with Gasteiger partial charge in [-0.05, 0) is 30.4 Å². The largest absolute Gasteiger partial charge is 0.359 e. The molecule has 0 saturated heterocycles. The van der Waals surface area contributed by atoms with Gasteiger partial charge in [0.25, 0.3) is 0 Å². The Kier molecular flexibility index (Phi) is 4.13. The summed E-state index contributed by atoms with van der Waals surface area (Å²) < 4.78 is 1.94. The number of hydrogen-bond acceptors (Lipinski definition) is 2. The molecule has 1 aromatic carbocycles. The molecule has 5 nitrogen and oxygen atoms in total. The molecule has 1 aromatic heterocycles. The quantitative estimate of drug-likeness (QED) is 0.902. The Bertz CT molecular complexity index is 692. The molecular formula is C17H21N3O2. The lowest BCUT2D eigenvalue weighted by atomic mass is 10.0. The van der Waals surface area contributed by atoms with Gasteiger partial charge in [-0.2, -0.15) is 0 Å². The van der Waals surface area contributed by atoms with Crippen LogP contribution >= 0.6 is 0 Å². The first-order valence-corrected chi connectivity index (χ1v) is 7.74. The molecular weight excluding hydrogens is 278 g/mol. The Morgan fingerprint density at radius 2 is 2.05 bits per heavy atom. The monoisotopic (exact) mass is 299 g/mol. The fourth-order valence-corrected chi connectivity index (χ4v) is 3.32. The first-order chi connectivity index (χ1) is 10.7. The van der Waals surface area contributed by atoms with Crippen LogP contribution in [0.25, 0.3) is 10.9 Å². The fourth-order valence-electron chi connectivity index (χ4n) is 3.32. The number of benzene rings is 1. The topological polar surface area (TPSA) is 63.1 Å². The molecule has 0 radical (unpaired) electrons. The van der Waals surface area contributed by atoms with Crippen LogP contribution in [0.5, 0.6) is 0 Å². The minimum Gasteiger partial charge on any atom is -0.359 e. The van der Waals surface area contributed by atoms with Crippen LogP contribution in [-0.2, 0) is 16.1 Å². The van der Waals surface area contributed by atoms with Crippen LogP contribution in [0.1, 0.15) is 19.3 Å². The van der Waals surface area contributed by atoms with Gasteiger partial charge in [-0.3, -0.25) is 9.59 Å². The Morgan fingerprint density at radius 3 is 2.86 bits per heavy atom. The van der Waals surface area contributed by atoms with E-state index in [-0.39, 0.29) is 30.3 Å². The summed E-state index contributed by atoms with van der Waals surface area (Å²) in [7, 11) is 1.64. The number of aromatic nitrogens is 1. The van der Waals surface area contributed by atoms with Crippen molar-refractivity contribution in [3.05, 3.63) is 36.5 Å². The third kappa shape index (κ3) is 2.84. The van der Waals surface area contributed by atoms with Crippen molar-refractivity contribution in [1.29, 1.82) is 0 Å². The standard InChI is InChI=1S/C17H21N3O2/c1-18-17(22)13-6-4-7-14(13)19-16(21)11-20-10-9-12-5-2-3-8-15(12)20/h2-3,5,8-10,13-14H,4,6-7,11H2,1H3,(H,18,22)(H,19,21). The van der Waals surface area contributed by atoms with Crippen molar-refractivity contribution in [3.63, 3.8) is 0 Å². The van der Waals surface area contributed by atoms with Gasteiger partial charge in [-0.25, -0.2) is 0 Å². The fraction of sp³-hybridized carbons (Fsp3) is 0.412. The highest BCUT2D eigenvalue weighted by Crippen LogP contribution is 2.25. The molecule has 5 heteroatoms. The van der Waals surface area contributed by atoms with Gasteiger partial charge in [0.05, 0.1) is 5.92 Å². The minimum absolute atomic E-state index is 0.0224. The Labute approximate surface area is 129 Å². The van der Waals surface area contributed by atoms with Crippen LogP contribution in [0.15, 0.2) is 36.5 Å². The average Bonchev–Trinajstić information content (AvgIpc) is 3.14. The molecule has 1 aliphatic carbocycles. The van der Waals surface area contributed by atoms with E-state index in [1.54, 1.807) is 7.05 Å². The SMILES string of the molecule is CNC(=O)C1CCCC1NC(=O)Cn1ccc2ccccc21. The van der Waals surface area contributed by atoms with Crippen molar-refractivity contribution in [1.82, 2.24) is 15.2 Å². The molecule has 2 unspecified atom stereocenters. The van der Waals surface area contributed by atoms with E-state index in [0.717, 1.165) is 30.2 Å². The van der Waals surface area contributed by atoms with E-state index in [2.05, 4.69) is 10.6 Å². The minimum atomic E-state index is -0.102. The maximum atomic E-state index is 12.3. The number of fused-ring (bicyclic) bond motifs is 1. The molecule has 0 bridgehead atoms. The van der Waals surface area contributed by atoms with E-state index < -0.39 is 0 Å². The highest BCUT2D eigenvalue weighted by Gasteiger charge is 2.33. The Balaban J connectivity index is 1.66. The maximum absolute atomic E-state index is 12.3. The third-order valence-electron chi connectivity index (χ3n) is 4.44. The number of nitrogens with one attached hydrogen (secondary N) is 2. The zero-order chi connectivity index (χ0) is 15.5. The second-order valence-corrected chi connectivity index (χ2v) is 5.83. The van der Waals surface area contributed by atoms with E-state index in [1.807, 2.05) is 41.1 Å². The molecule has 2 N–H and O–H groups in total. The van der Waals surface area contributed by atoms with Gasteiger partial charge in [0.15, 0.2) is 0 Å². The molecule has 1 heterocycles. The lowest BCUT2D eigenvalue weighted by molar-refractivity contribution is -0.126. The molecule has 0 spiro atoms. The first kappa shape index (κ1) is 14.6. The Morgan fingerprint density at radius 1 is 1.23 bits per heavy atom. The van der Waals surface area contributed by atoms with Gasteiger partial charge in [0, 0.05) is 24.8 Å². The normalized spacial score (nSPS) is 21.0. The molecule has 0 aliphatic heterocycles. The van der Waals surface area contributed by atoms with Crippen molar-refractivity contribution in [2.45, 2.75) is 31.8 Å². The molecule has 116 valence electrons. The molecule has 22 heavy (non-hydrogen) atoms. The second kappa shape index (κ2) is 6.22. The van der Waals surface area contributed by atoms with Gasteiger partial charge >= 0.3 is 0 Å². The van der Waals surface area contributed by atoms with Crippen molar-refractivity contribution >= 4 is 22.7 Å².